The Kier molecular flexibility index (Phi) is 4.74. The molecule has 1 fully saturated rings. The third kappa shape index (κ3) is 3.19. The predicted molar refractivity (Wildman–Crippen MR) is 66.1 cm³/mol. The summed E-state index contributed by atoms with van der Waals surface area (Å²) in [5.41, 5.74) is 5.03. The van der Waals surface area contributed by atoms with Crippen molar-refractivity contribution in [3.63, 3.8) is 0 Å². The number of primary amides is 1. The van der Waals surface area contributed by atoms with E-state index >= 15 is 0 Å². The first-order valence-corrected chi connectivity index (χ1v) is 6.16. The molecule has 16 heavy (non-hydrogen) atoms. The Morgan fingerprint density at radius 3 is 2.44 bits per heavy atom. The van der Waals surface area contributed by atoms with E-state index in [2.05, 4.69) is 10.2 Å². The molecule has 1 aliphatic carbocycles. The minimum Gasteiger partial charge on any atom is -0.368 e. The number of hydrogen-bond acceptors (Lipinski definition) is 3. The molecule has 0 aromatic carbocycles. The summed E-state index contributed by atoms with van der Waals surface area (Å²) in [6.45, 7) is 3.69. The monoisotopic (exact) mass is 227 g/mol. The fourth-order valence-electron chi connectivity index (χ4n) is 2.47. The molecule has 1 aliphatic rings. The van der Waals surface area contributed by atoms with Gasteiger partial charge in [-0.05, 0) is 39.8 Å². The van der Waals surface area contributed by atoms with Gasteiger partial charge < -0.3 is 16.0 Å². The van der Waals surface area contributed by atoms with E-state index in [9.17, 15) is 4.79 Å². The Hall–Kier alpha value is -0.610. The average molecular weight is 227 g/mol. The van der Waals surface area contributed by atoms with E-state index in [1.54, 1.807) is 0 Å². The number of rotatable bonds is 6. The van der Waals surface area contributed by atoms with E-state index < -0.39 is 5.54 Å². The number of nitrogens with two attached hydrogens (primary N) is 1. The van der Waals surface area contributed by atoms with Gasteiger partial charge in [-0.15, -0.1) is 0 Å². The van der Waals surface area contributed by atoms with Gasteiger partial charge in [0, 0.05) is 13.1 Å². The van der Waals surface area contributed by atoms with E-state index in [0.717, 1.165) is 25.9 Å². The summed E-state index contributed by atoms with van der Waals surface area (Å²) in [4.78, 5) is 13.7. The normalized spacial score (nSPS) is 21.2. The maximum absolute atomic E-state index is 11.6. The molecular weight excluding hydrogens is 202 g/mol. The van der Waals surface area contributed by atoms with Crippen molar-refractivity contribution in [1.29, 1.82) is 0 Å². The number of hydrogen-bond donors (Lipinski definition) is 2. The van der Waals surface area contributed by atoms with Gasteiger partial charge >= 0.3 is 0 Å². The molecule has 1 saturated carbocycles. The minimum atomic E-state index is -0.521. The SMILES string of the molecule is CN(C)CCNC(C)(C(N)=O)C1CCCC1. The lowest BCUT2D eigenvalue weighted by atomic mass is 9.83. The van der Waals surface area contributed by atoms with Gasteiger partial charge in [-0.3, -0.25) is 4.79 Å². The number of nitrogens with one attached hydrogen (secondary N) is 1. The molecule has 3 N–H and O–H groups in total. The second-order valence-corrected chi connectivity index (χ2v) is 5.28. The molecule has 0 aromatic rings. The number of nitrogens with zero attached hydrogens (tertiary/aromatic N) is 1. The summed E-state index contributed by atoms with van der Waals surface area (Å²) in [7, 11) is 4.05. The van der Waals surface area contributed by atoms with Gasteiger partial charge in [0.2, 0.25) is 5.91 Å². The van der Waals surface area contributed by atoms with Crippen LogP contribution >= 0.6 is 0 Å². The second-order valence-electron chi connectivity index (χ2n) is 5.28. The van der Waals surface area contributed by atoms with Gasteiger partial charge in [0.05, 0.1) is 5.54 Å². The Morgan fingerprint density at radius 1 is 1.44 bits per heavy atom. The molecule has 1 atom stereocenters. The summed E-state index contributed by atoms with van der Waals surface area (Å²) in [5, 5.41) is 3.35. The van der Waals surface area contributed by atoms with E-state index in [4.69, 9.17) is 5.73 Å². The first kappa shape index (κ1) is 13.5. The summed E-state index contributed by atoms with van der Waals surface area (Å²) in [5.74, 6) is 0.199. The van der Waals surface area contributed by atoms with Crippen LogP contribution in [0.1, 0.15) is 32.6 Å². The maximum Gasteiger partial charge on any atom is 0.237 e. The fourth-order valence-corrected chi connectivity index (χ4v) is 2.47. The van der Waals surface area contributed by atoms with Gasteiger partial charge in [0.15, 0.2) is 0 Å². The molecule has 0 aliphatic heterocycles. The molecule has 0 aromatic heterocycles. The van der Waals surface area contributed by atoms with E-state index in [0.29, 0.717) is 5.92 Å². The first-order valence-electron chi connectivity index (χ1n) is 6.16. The van der Waals surface area contributed by atoms with Crippen molar-refractivity contribution >= 4 is 5.91 Å². The number of carbonyl (C=O) groups is 1. The topological polar surface area (TPSA) is 58.4 Å². The first-order chi connectivity index (χ1) is 7.47. The van der Waals surface area contributed by atoms with Crippen LogP contribution in [0.5, 0.6) is 0 Å². The fraction of sp³-hybridized carbons (Fsp3) is 0.917. The Morgan fingerprint density at radius 2 is 2.00 bits per heavy atom. The number of carbonyl (C=O) groups excluding carboxylic acids is 1. The lowest BCUT2D eigenvalue weighted by molar-refractivity contribution is -0.125. The standard InChI is InChI=1S/C12H25N3O/c1-12(11(13)16,10-6-4-5-7-10)14-8-9-15(2)3/h10,14H,4-9H2,1-3H3,(H2,13,16). The highest BCUT2D eigenvalue weighted by Crippen LogP contribution is 2.33. The molecule has 94 valence electrons. The predicted octanol–water partition coefficient (Wildman–Crippen LogP) is 0.572. The zero-order valence-electron chi connectivity index (χ0n) is 10.8. The lowest BCUT2D eigenvalue weighted by Crippen LogP contribution is -2.58. The third-order valence-electron chi connectivity index (χ3n) is 3.73. The zero-order valence-corrected chi connectivity index (χ0v) is 10.8. The van der Waals surface area contributed by atoms with Crippen molar-refractivity contribution in [1.82, 2.24) is 10.2 Å². The summed E-state index contributed by atoms with van der Waals surface area (Å²) < 4.78 is 0. The van der Waals surface area contributed by atoms with Crippen molar-refractivity contribution in [3.8, 4) is 0 Å². The van der Waals surface area contributed by atoms with E-state index in [1.165, 1.54) is 12.8 Å². The molecule has 4 heteroatoms. The van der Waals surface area contributed by atoms with Crippen LogP contribution in [0.2, 0.25) is 0 Å². The van der Waals surface area contributed by atoms with Crippen LogP contribution in [-0.2, 0) is 4.79 Å². The molecule has 1 unspecified atom stereocenters. The van der Waals surface area contributed by atoms with Gasteiger partial charge in [0.1, 0.15) is 0 Å². The third-order valence-corrected chi connectivity index (χ3v) is 3.73. The van der Waals surface area contributed by atoms with Crippen molar-refractivity contribution in [2.75, 3.05) is 27.2 Å². The number of amides is 1. The maximum atomic E-state index is 11.6. The van der Waals surface area contributed by atoms with Crippen LogP contribution < -0.4 is 11.1 Å². The van der Waals surface area contributed by atoms with Crippen molar-refractivity contribution < 1.29 is 4.79 Å². The van der Waals surface area contributed by atoms with Crippen molar-refractivity contribution in [2.45, 2.75) is 38.1 Å². The van der Waals surface area contributed by atoms with Crippen LogP contribution in [0.25, 0.3) is 0 Å². The van der Waals surface area contributed by atoms with Gasteiger partial charge in [-0.1, -0.05) is 12.8 Å². The molecule has 4 nitrogen and oxygen atoms in total. The molecule has 1 rings (SSSR count). The Bertz CT molecular complexity index is 236. The Balaban J connectivity index is 2.54. The highest BCUT2D eigenvalue weighted by Gasteiger charge is 2.40. The van der Waals surface area contributed by atoms with Crippen LogP contribution in [0.3, 0.4) is 0 Å². The molecular formula is C12H25N3O. The summed E-state index contributed by atoms with van der Waals surface area (Å²) >= 11 is 0. The molecule has 0 spiro atoms. The largest absolute Gasteiger partial charge is 0.368 e. The van der Waals surface area contributed by atoms with Crippen molar-refractivity contribution in [3.05, 3.63) is 0 Å². The van der Waals surface area contributed by atoms with Gasteiger partial charge in [-0.25, -0.2) is 0 Å². The van der Waals surface area contributed by atoms with Crippen LogP contribution in [0.15, 0.2) is 0 Å². The summed E-state index contributed by atoms with van der Waals surface area (Å²) in [6, 6.07) is 0. The molecule has 0 radical (unpaired) electrons. The molecule has 0 heterocycles. The molecule has 0 bridgehead atoms. The zero-order chi connectivity index (χ0) is 12.2. The summed E-state index contributed by atoms with van der Waals surface area (Å²) in [6.07, 6.45) is 4.69. The van der Waals surface area contributed by atoms with E-state index in [1.807, 2.05) is 21.0 Å². The average Bonchev–Trinajstić information content (AvgIpc) is 2.69. The van der Waals surface area contributed by atoms with E-state index in [-0.39, 0.29) is 5.91 Å². The quantitative estimate of drug-likeness (QED) is 0.697. The van der Waals surface area contributed by atoms with Gasteiger partial charge in [0.25, 0.3) is 0 Å². The highest BCUT2D eigenvalue weighted by molar-refractivity contribution is 5.84. The van der Waals surface area contributed by atoms with Crippen molar-refractivity contribution in [2.24, 2.45) is 11.7 Å². The van der Waals surface area contributed by atoms with Crippen LogP contribution in [-0.4, -0.2) is 43.5 Å². The highest BCUT2D eigenvalue weighted by atomic mass is 16.1. The van der Waals surface area contributed by atoms with Gasteiger partial charge in [-0.2, -0.15) is 0 Å². The Labute approximate surface area is 98.6 Å². The molecule has 0 saturated heterocycles. The number of likely N-dealkylation sites (N-methyl/N-ethyl adjacent to an activating group) is 1. The van der Waals surface area contributed by atoms with Crippen LogP contribution in [0.4, 0.5) is 0 Å². The minimum absolute atomic E-state index is 0.210. The lowest BCUT2D eigenvalue weighted by Gasteiger charge is -2.34. The second kappa shape index (κ2) is 5.64. The van der Waals surface area contributed by atoms with Crippen LogP contribution in [0, 0.1) is 5.92 Å². The molecule has 1 amide bonds. The smallest absolute Gasteiger partial charge is 0.237 e.